The van der Waals surface area contributed by atoms with Crippen molar-refractivity contribution in [2.75, 3.05) is 17.2 Å². The number of halogens is 3. The number of rotatable bonds is 4. The van der Waals surface area contributed by atoms with Crippen molar-refractivity contribution in [1.82, 2.24) is 0 Å². The van der Waals surface area contributed by atoms with Gasteiger partial charge in [-0.15, -0.1) is 11.8 Å². The highest BCUT2D eigenvalue weighted by Crippen LogP contribution is 2.36. The molecule has 146 valence electrons. The van der Waals surface area contributed by atoms with Crippen molar-refractivity contribution < 1.29 is 32.3 Å². The van der Waals surface area contributed by atoms with Crippen LogP contribution in [0, 0.1) is 17.5 Å². The van der Waals surface area contributed by atoms with Gasteiger partial charge in [0.05, 0.1) is 22.2 Å². The molecule has 0 saturated heterocycles. The third kappa shape index (κ3) is 4.11. The van der Waals surface area contributed by atoms with Gasteiger partial charge in [-0.2, -0.15) is 0 Å². The second kappa shape index (κ2) is 7.93. The first-order valence-electron chi connectivity index (χ1n) is 7.98. The Bertz CT molecular complexity index is 984. The number of carbonyl (C=O) groups excluding carboxylic acids is 3. The first kappa shape index (κ1) is 19.7. The van der Waals surface area contributed by atoms with E-state index in [2.05, 4.69) is 5.32 Å². The molecule has 0 aromatic heterocycles. The fourth-order valence-electron chi connectivity index (χ4n) is 2.36. The number of nitrogens with one attached hydrogen (secondary N) is 2. The SMILES string of the molecule is CC1Sc2ccc(C(=O)OCC(=O)Nc3ccc(F)c(F)c3F)cc2NC1=O. The number of ether oxygens (including phenoxy) is 1. The Labute approximate surface area is 161 Å². The average Bonchev–Trinajstić information content (AvgIpc) is 2.67. The lowest BCUT2D eigenvalue weighted by atomic mass is 10.2. The topological polar surface area (TPSA) is 84.5 Å². The van der Waals surface area contributed by atoms with E-state index in [1.807, 2.05) is 5.32 Å². The van der Waals surface area contributed by atoms with Gasteiger partial charge in [0.15, 0.2) is 24.1 Å². The van der Waals surface area contributed by atoms with Crippen LogP contribution in [0.5, 0.6) is 0 Å². The number of hydrogen-bond donors (Lipinski definition) is 2. The maximum Gasteiger partial charge on any atom is 0.338 e. The number of esters is 1. The number of carbonyl (C=O) groups is 3. The highest BCUT2D eigenvalue weighted by atomic mass is 32.2. The summed E-state index contributed by atoms with van der Waals surface area (Å²) in [6.07, 6.45) is 0. The van der Waals surface area contributed by atoms with E-state index >= 15 is 0 Å². The normalized spacial score (nSPS) is 15.4. The summed E-state index contributed by atoms with van der Waals surface area (Å²) in [5.41, 5.74) is -0.0283. The molecule has 10 heteroatoms. The first-order valence-corrected chi connectivity index (χ1v) is 8.86. The van der Waals surface area contributed by atoms with Crippen molar-refractivity contribution in [2.24, 2.45) is 0 Å². The minimum Gasteiger partial charge on any atom is -0.452 e. The monoisotopic (exact) mass is 410 g/mol. The summed E-state index contributed by atoms with van der Waals surface area (Å²) in [6, 6.07) is 6.04. The van der Waals surface area contributed by atoms with E-state index in [0.717, 1.165) is 11.0 Å². The van der Waals surface area contributed by atoms with E-state index in [1.54, 1.807) is 13.0 Å². The molecule has 1 aliphatic rings. The zero-order chi connectivity index (χ0) is 20.4. The van der Waals surface area contributed by atoms with E-state index < -0.39 is 41.6 Å². The quantitative estimate of drug-likeness (QED) is 0.597. The lowest BCUT2D eigenvalue weighted by Gasteiger charge is -2.21. The second-order valence-corrected chi connectivity index (χ2v) is 7.19. The van der Waals surface area contributed by atoms with E-state index in [4.69, 9.17) is 4.74 Å². The Morgan fingerprint density at radius 2 is 1.93 bits per heavy atom. The van der Waals surface area contributed by atoms with Gasteiger partial charge in [-0.05, 0) is 37.3 Å². The largest absolute Gasteiger partial charge is 0.452 e. The van der Waals surface area contributed by atoms with Crippen molar-refractivity contribution >= 4 is 40.9 Å². The van der Waals surface area contributed by atoms with Crippen molar-refractivity contribution in [3.63, 3.8) is 0 Å². The molecule has 0 fully saturated rings. The smallest absolute Gasteiger partial charge is 0.338 e. The summed E-state index contributed by atoms with van der Waals surface area (Å²) in [6.45, 7) is 0.978. The van der Waals surface area contributed by atoms with Crippen LogP contribution in [0.4, 0.5) is 24.5 Å². The Kier molecular flexibility index (Phi) is 5.59. The number of benzene rings is 2. The third-order valence-corrected chi connectivity index (χ3v) is 4.97. The van der Waals surface area contributed by atoms with E-state index in [9.17, 15) is 27.6 Å². The number of thioether (sulfide) groups is 1. The number of amides is 2. The van der Waals surface area contributed by atoms with Gasteiger partial charge in [-0.1, -0.05) is 0 Å². The molecule has 2 N–H and O–H groups in total. The molecule has 0 radical (unpaired) electrons. The van der Waals surface area contributed by atoms with Crippen LogP contribution in [0.1, 0.15) is 17.3 Å². The number of anilines is 2. The molecule has 0 spiro atoms. The molecule has 1 heterocycles. The predicted molar refractivity (Wildman–Crippen MR) is 95.6 cm³/mol. The summed E-state index contributed by atoms with van der Waals surface area (Å²) in [5, 5.41) is 4.39. The zero-order valence-electron chi connectivity index (χ0n) is 14.3. The molecule has 0 aliphatic carbocycles. The zero-order valence-corrected chi connectivity index (χ0v) is 15.2. The van der Waals surface area contributed by atoms with Crippen LogP contribution in [0.15, 0.2) is 35.2 Å². The van der Waals surface area contributed by atoms with Gasteiger partial charge in [-0.25, -0.2) is 18.0 Å². The molecule has 1 unspecified atom stereocenters. The molecule has 1 atom stereocenters. The van der Waals surface area contributed by atoms with E-state index in [0.29, 0.717) is 11.8 Å². The highest BCUT2D eigenvalue weighted by Gasteiger charge is 2.24. The fraction of sp³-hybridized carbons (Fsp3) is 0.167. The van der Waals surface area contributed by atoms with E-state index in [-0.39, 0.29) is 16.7 Å². The van der Waals surface area contributed by atoms with Gasteiger partial charge in [0.2, 0.25) is 5.91 Å². The minimum atomic E-state index is -1.72. The standard InChI is InChI=1S/C18H13F3N2O4S/c1-8-17(25)23-12-6-9(2-5-13(12)28-8)18(26)27-7-14(24)22-11-4-3-10(19)15(20)16(11)21/h2-6,8H,7H2,1H3,(H,22,24)(H,23,25). The van der Waals surface area contributed by atoms with Crippen LogP contribution < -0.4 is 10.6 Å². The van der Waals surface area contributed by atoms with Crippen LogP contribution in [0.3, 0.4) is 0 Å². The Balaban J connectivity index is 1.61. The van der Waals surface area contributed by atoms with Crippen molar-refractivity contribution in [2.45, 2.75) is 17.1 Å². The summed E-state index contributed by atoms with van der Waals surface area (Å²) >= 11 is 1.34. The second-order valence-electron chi connectivity index (χ2n) is 5.81. The van der Waals surface area contributed by atoms with Crippen LogP contribution in [0.2, 0.25) is 0 Å². The number of hydrogen-bond acceptors (Lipinski definition) is 5. The van der Waals surface area contributed by atoms with Gasteiger partial charge in [0.25, 0.3) is 5.91 Å². The van der Waals surface area contributed by atoms with Gasteiger partial charge in [0.1, 0.15) is 0 Å². The molecule has 2 amide bonds. The van der Waals surface area contributed by atoms with Crippen LogP contribution >= 0.6 is 11.8 Å². The molecule has 0 bridgehead atoms. The molecule has 28 heavy (non-hydrogen) atoms. The van der Waals surface area contributed by atoms with Crippen molar-refractivity contribution in [1.29, 1.82) is 0 Å². The van der Waals surface area contributed by atoms with Crippen LogP contribution in [0.25, 0.3) is 0 Å². The van der Waals surface area contributed by atoms with Crippen molar-refractivity contribution in [3.8, 4) is 0 Å². The third-order valence-electron chi connectivity index (χ3n) is 3.79. The van der Waals surface area contributed by atoms with Gasteiger partial charge in [-0.3, -0.25) is 9.59 Å². The molecule has 0 saturated carbocycles. The molecular formula is C18H13F3N2O4S. The molecule has 2 aromatic rings. The van der Waals surface area contributed by atoms with Crippen molar-refractivity contribution in [3.05, 3.63) is 53.3 Å². The summed E-state index contributed by atoms with van der Waals surface area (Å²) in [7, 11) is 0. The predicted octanol–water partition coefficient (Wildman–Crippen LogP) is 3.33. The molecule has 1 aliphatic heterocycles. The molecular weight excluding hydrogens is 397 g/mol. The number of fused-ring (bicyclic) bond motifs is 1. The Hall–Kier alpha value is -3.01. The maximum atomic E-state index is 13.5. The molecule has 6 nitrogen and oxygen atoms in total. The average molecular weight is 410 g/mol. The summed E-state index contributed by atoms with van der Waals surface area (Å²) in [5.74, 6) is -6.66. The fourth-order valence-corrected chi connectivity index (χ4v) is 3.29. The van der Waals surface area contributed by atoms with Gasteiger partial charge in [0, 0.05) is 4.90 Å². The highest BCUT2D eigenvalue weighted by molar-refractivity contribution is 8.00. The Morgan fingerprint density at radius 1 is 1.18 bits per heavy atom. The summed E-state index contributed by atoms with van der Waals surface area (Å²) in [4.78, 5) is 36.4. The maximum absolute atomic E-state index is 13.5. The van der Waals surface area contributed by atoms with Gasteiger partial charge < -0.3 is 15.4 Å². The Morgan fingerprint density at radius 3 is 2.68 bits per heavy atom. The minimum absolute atomic E-state index is 0.0982. The van der Waals surface area contributed by atoms with Crippen LogP contribution in [-0.2, 0) is 14.3 Å². The van der Waals surface area contributed by atoms with E-state index in [1.165, 1.54) is 23.9 Å². The van der Waals surface area contributed by atoms with Gasteiger partial charge >= 0.3 is 5.97 Å². The van der Waals surface area contributed by atoms with Crippen LogP contribution in [-0.4, -0.2) is 29.6 Å². The lowest BCUT2D eigenvalue weighted by Crippen LogP contribution is -2.26. The lowest BCUT2D eigenvalue weighted by molar-refractivity contribution is -0.119. The first-order chi connectivity index (χ1) is 13.3. The summed E-state index contributed by atoms with van der Waals surface area (Å²) < 4.78 is 44.4. The molecule has 2 aromatic carbocycles. The molecule has 3 rings (SSSR count).